The summed E-state index contributed by atoms with van der Waals surface area (Å²) >= 11 is 17.5. The van der Waals surface area contributed by atoms with Crippen molar-refractivity contribution in [2.45, 2.75) is 53.9 Å². The highest BCUT2D eigenvalue weighted by Gasteiger charge is 2.16. The zero-order valence-electron chi connectivity index (χ0n) is 32.1. The molecule has 2 aromatic heterocycles. The van der Waals surface area contributed by atoms with Crippen LogP contribution in [0.15, 0.2) is 128 Å². The zero-order valence-corrected chi connectivity index (χ0v) is 34.3. The Labute approximate surface area is 348 Å². The van der Waals surface area contributed by atoms with Crippen LogP contribution in [0, 0.1) is 13.8 Å². The minimum Gasteiger partial charge on any atom is -0.423 e. The molecule has 0 amide bonds. The van der Waals surface area contributed by atoms with Gasteiger partial charge in [0.2, 0.25) is 0 Å². The lowest BCUT2D eigenvalue weighted by atomic mass is 9.81. The fourth-order valence-corrected chi connectivity index (χ4v) is 5.96. The van der Waals surface area contributed by atoms with E-state index in [0.717, 1.165) is 37.5 Å². The molecular weight excluding hydrogens is 806 g/mol. The van der Waals surface area contributed by atoms with Crippen molar-refractivity contribution in [3.05, 3.63) is 188 Å². The first kappa shape index (κ1) is 45.1. The third-order valence-corrected chi connectivity index (χ3v) is 9.32. The van der Waals surface area contributed by atoms with E-state index in [0.29, 0.717) is 26.8 Å². The number of Topliss-reactive ketones (excluding diaryl/α,β-unsaturated/α-hetero) is 2. The second-order valence-electron chi connectivity index (χ2n) is 13.4. The lowest BCUT2D eigenvalue weighted by Gasteiger charge is -2.15. The van der Waals surface area contributed by atoms with Gasteiger partial charge in [0.15, 0.2) is 0 Å². The molecule has 2 N–H and O–H groups in total. The average Bonchev–Trinajstić information content (AvgIpc) is 3.17. The number of carbonyl (C=O) groups is 2. The van der Waals surface area contributed by atoms with Crippen molar-refractivity contribution >= 4 is 59.0 Å². The van der Waals surface area contributed by atoms with Gasteiger partial charge in [-0.3, -0.25) is 37.4 Å². The van der Waals surface area contributed by atoms with E-state index in [9.17, 15) is 28.8 Å². The van der Waals surface area contributed by atoms with Gasteiger partial charge in [0.05, 0.1) is 31.9 Å². The van der Waals surface area contributed by atoms with Crippen molar-refractivity contribution in [1.82, 2.24) is 18.3 Å². The number of nitrogens with zero attached hydrogens (tertiary/aromatic N) is 4. The van der Waals surface area contributed by atoms with Crippen LogP contribution in [0.3, 0.4) is 0 Å². The van der Waals surface area contributed by atoms with Gasteiger partial charge >= 0.3 is 18.5 Å². The van der Waals surface area contributed by atoms with Crippen LogP contribution in [0.25, 0.3) is 11.3 Å². The Morgan fingerprint density at radius 3 is 1.38 bits per heavy atom. The van der Waals surface area contributed by atoms with E-state index < -0.39 is 29.6 Å². The predicted molar refractivity (Wildman–Crippen MR) is 229 cm³/mol. The number of hydrogen-bond acceptors (Lipinski definition) is 8. The zero-order chi connectivity index (χ0) is 42.7. The molecule has 0 radical (unpaired) electrons. The van der Waals surface area contributed by atoms with E-state index in [-0.39, 0.29) is 42.9 Å². The first-order valence-electron chi connectivity index (χ1n) is 17.8. The van der Waals surface area contributed by atoms with Crippen LogP contribution in [0.5, 0.6) is 0 Å². The van der Waals surface area contributed by atoms with Gasteiger partial charge in [0, 0.05) is 22.2 Å². The third kappa shape index (κ3) is 12.7. The van der Waals surface area contributed by atoms with Gasteiger partial charge in [-0.25, -0.2) is 9.59 Å². The summed E-state index contributed by atoms with van der Waals surface area (Å²) in [7, 11) is -1.41. The minimum atomic E-state index is -1.41. The van der Waals surface area contributed by atoms with E-state index in [1.807, 2.05) is 62.4 Å². The van der Waals surface area contributed by atoms with Crippen LogP contribution in [-0.4, -0.2) is 47.0 Å². The second-order valence-corrected chi connectivity index (χ2v) is 14.7. The summed E-state index contributed by atoms with van der Waals surface area (Å²) in [5, 5.41) is 18.5. The summed E-state index contributed by atoms with van der Waals surface area (Å²) in [6.45, 7) is 6.67. The third-order valence-electron chi connectivity index (χ3n) is 8.50. The second kappa shape index (κ2) is 20.7. The Kier molecular flexibility index (Phi) is 16.1. The molecule has 0 bridgehead atoms. The van der Waals surface area contributed by atoms with Crippen LogP contribution in [0.1, 0.15) is 36.1 Å². The van der Waals surface area contributed by atoms with Crippen LogP contribution in [0.4, 0.5) is 0 Å². The number of ketones is 2. The van der Waals surface area contributed by atoms with E-state index >= 15 is 0 Å². The Morgan fingerprint density at radius 2 is 0.948 bits per heavy atom. The van der Waals surface area contributed by atoms with Crippen molar-refractivity contribution in [3.8, 4) is 11.3 Å². The molecule has 0 aliphatic heterocycles. The fourth-order valence-electron chi connectivity index (χ4n) is 5.48. The number of aryl methyl sites for hydroxylation is 2. The molecule has 0 saturated heterocycles. The molecule has 0 aliphatic rings. The van der Waals surface area contributed by atoms with Crippen LogP contribution < -0.4 is 28.0 Å². The highest BCUT2D eigenvalue weighted by molar-refractivity contribution is 6.58. The highest BCUT2D eigenvalue weighted by Crippen LogP contribution is 2.21. The monoisotopic (exact) mass is 844 g/mol. The van der Waals surface area contributed by atoms with Crippen molar-refractivity contribution < 1.29 is 19.6 Å². The molecule has 0 fully saturated rings. The van der Waals surface area contributed by atoms with Gasteiger partial charge in [-0.05, 0) is 74.1 Å². The summed E-state index contributed by atoms with van der Waals surface area (Å²) in [5.74, 6) is -0.520. The summed E-state index contributed by atoms with van der Waals surface area (Å²) in [6.07, 6.45) is 0. The van der Waals surface area contributed by atoms with Gasteiger partial charge in [0.1, 0.15) is 16.7 Å². The average molecular weight is 846 g/mol. The molecule has 58 heavy (non-hydrogen) atoms. The SMILES string of the molecule is CC(=O)Cn1c(=O)cc(-c2ccc(Cl)cc2)n(Cc2ccc(C)cc2)c1=O.CC(=O)Cn1c(=O)cc(Cl)n(Cc2ccc(C)cc2)c1=O.OB(O)c1ccc(Cl)cc1. The maximum absolute atomic E-state index is 13.0. The van der Waals surface area contributed by atoms with Crippen molar-refractivity contribution in [3.63, 3.8) is 0 Å². The summed E-state index contributed by atoms with van der Waals surface area (Å²) in [5.41, 5.74) is 3.52. The smallest absolute Gasteiger partial charge is 0.423 e. The molecule has 0 aliphatic carbocycles. The lowest BCUT2D eigenvalue weighted by molar-refractivity contribution is -0.118. The first-order valence-corrected chi connectivity index (χ1v) is 18.9. The van der Waals surface area contributed by atoms with E-state index in [1.54, 1.807) is 48.5 Å². The topological polar surface area (TPSA) is 163 Å². The highest BCUT2D eigenvalue weighted by atomic mass is 35.5. The van der Waals surface area contributed by atoms with E-state index in [2.05, 4.69) is 0 Å². The molecule has 0 unspecified atom stereocenters. The van der Waals surface area contributed by atoms with Crippen molar-refractivity contribution in [1.29, 1.82) is 0 Å². The Morgan fingerprint density at radius 1 is 0.552 bits per heavy atom. The van der Waals surface area contributed by atoms with Crippen LogP contribution >= 0.6 is 34.8 Å². The molecular formula is C42H40BCl3N4O8. The molecule has 0 spiro atoms. The number of carbonyl (C=O) groups excluding carboxylic acids is 2. The molecule has 0 saturated carbocycles. The van der Waals surface area contributed by atoms with Crippen LogP contribution in [-0.2, 0) is 35.8 Å². The van der Waals surface area contributed by atoms with Crippen LogP contribution in [0.2, 0.25) is 15.2 Å². The minimum absolute atomic E-state index is 0.0605. The number of hydrogen-bond donors (Lipinski definition) is 2. The van der Waals surface area contributed by atoms with Gasteiger partial charge in [0.25, 0.3) is 11.1 Å². The molecule has 6 aromatic rings. The Balaban J connectivity index is 0.000000212. The maximum Gasteiger partial charge on any atom is 0.488 e. The summed E-state index contributed by atoms with van der Waals surface area (Å²) < 4.78 is 4.65. The van der Waals surface area contributed by atoms with E-state index in [1.165, 1.54) is 29.0 Å². The maximum atomic E-state index is 13.0. The van der Waals surface area contributed by atoms with Gasteiger partial charge < -0.3 is 10.0 Å². The Bertz CT molecular complexity index is 2620. The molecule has 300 valence electrons. The van der Waals surface area contributed by atoms with Crippen molar-refractivity contribution in [2.24, 2.45) is 0 Å². The first-order chi connectivity index (χ1) is 27.4. The quantitative estimate of drug-likeness (QED) is 0.145. The number of benzene rings is 4. The summed E-state index contributed by atoms with van der Waals surface area (Å²) in [6, 6.07) is 31.3. The number of halogens is 3. The molecule has 4 aromatic carbocycles. The standard InChI is InChI=1S/C21H19ClN2O3.C15H15ClN2O3.C6H6BClO2/c1-14-3-5-16(6-4-14)13-23-19(17-7-9-18(22)10-8-17)11-20(26)24(21(23)27)12-15(2)25;1-10-3-5-12(6-4-10)9-17-13(16)7-14(20)18(15(17)21)8-11(2)19;8-6-3-1-5(2-4-6)7(9)10/h3-11H,12-13H2,1-2H3;3-7H,8-9H2,1-2H3;1-4,9-10H. The predicted octanol–water partition coefficient (Wildman–Crippen LogP) is 4.91. The molecule has 6 rings (SSSR count). The largest absolute Gasteiger partial charge is 0.488 e. The molecule has 16 heteroatoms. The fraction of sp³-hybridized carbons (Fsp3) is 0.190. The normalized spacial score (nSPS) is 10.5. The molecule has 12 nitrogen and oxygen atoms in total. The Hall–Kier alpha value is -5.57. The van der Waals surface area contributed by atoms with Gasteiger partial charge in [-0.15, -0.1) is 0 Å². The molecule has 2 heterocycles. The number of rotatable bonds is 10. The van der Waals surface area contributed by atoms with Gasteiger partial charge in [-0.2, -0.15) is 0 Å². The summed E-state index contributed by atoms with van der Waals surface area (Å²) in [4.78, 5) is 72.2. The number of aromatic nitrogens is 4. The lowest BCUT2D eigenvalue weighted by Crippen LogP contribution is -2.41. The van der Waals surface area contributed by atoms with Crippen molar-refractivity contribution in [2.75, 3.05) is 0 Å². The van der Waals surface area contributed by atoms with Gasteiger partial charge in [-0.1, -0.05) is 119 Å². The van der Waals surface area contributed by atoms with E-state index in [4.69, 9.17) is 44.9 Å². The molecule has 0 atom stereocenters.